The van der Waals surface area contributed by atoms with Crippen molar-refractivity contribution < 1.29 is 71.0 Å². The van der Waals surface area contributed by atoms with Crippen LogP contribution in [0, 0.1) is 17.8 Å². The topological polar surface area (TPSA) is 320 Å². The van der Waals surface area contributed by atoms with E-state index in [0.717, 1.165) is 40.2 Å². The summed E-state index contributed by atoms with van der Waals surface area (Å²) in [5.74, 6) is 2.10. The molecule has 3 aromatic carbocycles. The highest BCUT2D eigenvalue weighted by molar-refractivity contribution is 7.52. The van der Waals surface area contributed by atoms with Gasteiger partial charge in [-0.25, -0.2) is 9.78 Å². The van der Waals surface area contributed by atoms with E-state index in [1.807, 2.05) is 35.2 Å². The summed E-state index contributed by atoms with van der Waals surface area (Å²) in [4.78, 5) is 152. The fraction of sp³-hybridized carbons (Fsp3) is 0.439. The summed E-state index contributed by atoms with van der Waals surface area (Å²) in [5, 5.41) is 11.2. The van der Waals surface area contributed by atoms with Gasteiger partial charge in [-0.1, -0.05) is 36.1 Å². The third-order valence-corrected chi connectivity index (χ3v) is 19.4. The fourth-order valence-corrected chi connectivity index (χ4v) is 14.1. The average Bonchev–Trinajstić information content (AvgIpc) is 4.50. The van der Waals surface area contributed by atoms with E-state index < -0.39 is 103 Å². The Labute approximate surface area is 493 Å². The Balaban J connectivity index is 0.797. The van der Waals surface area contributed by atoms with E-state index in [0.29, 0.717) is 78.1 Å². The van der Waals surface area contributed by atoms with Crippen LogP contribution in [0.4, 0.5) is 13.6 Å². The Morgan fingerprint density at radius 3 is 2.44 bits per heavy atom. The van der Waals surface area contributed by atoms with Crippen LogP contribution in [0.3, 0.4) is 0 Å². The molecule has 5 aliphatic heterocycles. The van der Waals surface area contributed by atoms with Gasteiger partial charge < -0.3 is 55.8 Å². The largest absolute Gasteiger partial charge is 0.447 e. The van der Waals surface area contributed by atoms with Gasteiger partial charge in [0.25, 0.3) is 11.8 Å². The van der Waals surface area contributed by atoms with Gasteiger partial charge >= 0.3 is 19.4 Å². The van der Waals surface area contributed by atoms with Crippen LogP contribution in [0.15, 0.2) is 66.7 Å². The van der Waals surface area contributed by atoms with E-state index >= 15 is 0 Å². The lowest BCUT2D eigenvalue weighted by atomic mass is 9.91. The lowest BCUT2D eigenvalue weighted by Crippen LogP contribution is -2.62. The molecular weight excluding hydrogens is 1170 g/mol. The molecule has 4 fully saturated rings. The zero-order valence-electron chi connectivity index (χ0n) is 45.9. The summed E-state index contributed by atoms with van der Waals surface area (Å²) < 4.78 is 47.0. The quantitative estimate of drug-likeness (QED) is 0.0421. The number of thiophene rings is 1. The Bertz CT molecular complexity index is 3600. The number of thiazole rings is 1. The molecule has 5 aromatic rings. The molecule has 0 aliphatic carbocycles. The first-order valence-electron chi connectivity index (χ1n) is 27.7. The first-order chi connectivity index (χ1) is 40.5. The van der Waals surface area contributed by atoms with Gasteiger partial charge in [0.05, 0.1) is 20.1 Å². The van der Waals surface area contributed by atoms with Crippen molar-refractivity contribution in [3.8, 4) is 11.8 Å². The van der Waals surface area contributed by atoms with Crippen LogP contribution in [0.5, 0.6) is 0 Å². The second-order valence-corrected chi connectivity index (χ2v) is 25.7. The van der Waals surface area contributed by atoms with Crippen LogP contribution in [0.2, 0.25) is 0 Å². The van der Waals surface area contributed by atoms with Crippen LogP contribution in [-0.2, 0) is 56.7 Å². The van der Waals surface area contributed by atoms with Crippen LogP contribution in [0.25, 0.3) is 20.3 Å². The van der Waals surface area contributed by atoms with Gasteiger partial charge in [-0.15, -0.1) is 22.7 Å². The normalized spacial score (nSPS) is 21.3. The number of halogens is 2. The molecule has 1 unspecified atom stereocenters. The van der Waals surface area contributed by atoms with Crippen LogP contribution >= 0.6 is 30.3 Å². The molecule has 6 atom stereocenters. The minimum absolute atomic E-state index is 0.0118. The highest BCUT2D eigenvalue weighted by Gasteiger charge is 2.51. The Kier molecular flexibility index (Phi) is 17.8. The summed E-state index contributed by atoms with van der Waals surface area (Å²) in [7, 11) is -4.12. The number of aromatic nitrogens is 1. The van der Waals surface area contributed by atoms with Gasteiger partial charge in [0.1, 0.15) is 36.8 Å². The summed E-state index contributed by atoms with van der Waals surface area (Å²) >= 11 is 2.26. The maximum Gasteiger partial charge on any atom is 0.404 e. The SMILES string of the molecule is CN1CC[C@H]2CC[C@@H](C(=O)N[C@@H](COC(N)=O)C(=O)N[C@@H](Cc3nc4ccccc4s3)C(=O)N3CCC(CCC#Cc4cccc5c4CN(C4CCC(=O)NC4=O)C5=O)CC3)N2C(=O)[C@@H](NC(=O)c2cc3cc(C(F)(F)P(=O)(O)O)ccc3s2)C1. The third kappa shape index (κ3) is 13.2. The third-order valence-electron chi connectivity index (χ3n) is 16.2. The van der Waals surface area contributed by atoms with Crippen LogP contribution < -0.4 is 27.0 Å². The molecule has 28 heteroatoms. The second kappa shape index (κ2) is 25.1. The van der Waals surface area contributed by atoms with Crippen LogP contribution in [0.1, 0.15) is 99.5 Å². The Morgan fingerprint density at radius 1 is 0.918 bits per heavy atom. The molecule has 5 aliphatic rings. The van der Waals surface area contributed by atoms with Crippen molar-refractivity contribution in [2.45, 2.75) is 113 Å². The molecule has 0 saturated carbocycles. The predicted molar refractivity (Wildman–Crippen MR) is 305 cm³/mol. The van der Waals surface area contributed by atoms with Crippen molar-refractivity contribution >= 4 is 104 Å². The van der Waals surface area contributed by atoms with Crippen molar-refractivity contribution in [3.63, 3.8) is 0 Å². The smallest absolute Gasteiger partial charge is 0.404 e. The Morgan fingerprint density at radius 2 is 1.69 bits per heavy atom. The number of nitrogens with one attached hydrogen (secondary N) is 4. The number of alkyl halides is 2. The molecule has 85 heavy (non-hydrogen) atoms. The van der Waals surface area contributed by atoms with Gasteiger partial charge in [0, 0.05) is 72.9 Å². The summed E-state index contributed by atoms with van der Waals surface area (Å²) in [6.07, 6.45) is 2.63. The zero-order chi connectivity index (χ0) is 60.5. The summed E-state index contributed by atoms with van der Waals surface area (Å²) in [5.41, 5.74) is 2.51. The molecular formula is C57H61F2N10O13PS2. The van der Waals surface area contributed by atoms with Crippen molar-refractivity contribution in [3.05, 3.63) is 98.9 Å². The van der Waals surface area contributed by atoms with E-state index in [1.165, 1.54) is 33.3 Å². The maximum atomic E-state index is 14.7. The number of carbonyl (C=O) groups excluding carboxylic acids is 9. The number of rotatable bonds is 16. The number of amides is 9. The highest BCUT2D eigenvalue weighted by Crippen LogP contribution is 2.59. The number of nitrogens with zero attached hydrogens (tertiary/aromatic N) is 5. The zero-order valence-corrected chi connectivity index (χ0v) is 48.5. The number of likely N-dealkylation sites (tertiary alicyclic amines) is 1. The molecule has 0 spiro atoms. The number of likely N-dealkylation sites (N-methyl/N-ethyl adjacent to an activating group) is 1. The van der Waals surface area contributed by atoms with Gasteiger partial charge in [-0.2, -0.15) is 8.78 Å². The first-order valence-corrected chi connectivity index (χ1v) is 31.0. The van der Waals surface area contributed by atoms with Gasteiger partial charge in [0.15, 0.2) is 0 Å². The molecule has 23 nitrogen and oxygen atoms in total. The monoisotopic (exact) mass is 1230 g/mol. The Hall–Kier alpha value is -7.73. The number of hydrogen-bond acceptors (Lipinski definition) is 15. The minimum atomic E-state index is -5.88. The van der Waals surface area contributed by atoms with Crippen molar-refractivity contribution in [2.75, 3.05) is 39.8 Å². The predicted octanol–water partition coefficient (Wildman–Crippen LogP) is 3.67. The van der Waals surface area contributed by atoms with Crippen LogP contribution in [-0.4, -0.2) is 164 Å². The number of hydrogen-bond donors (Lipinski definition) is 7. The molecule has 9 amide bonds. The van der Waals surface area contributed by atoms with Gasteiger partial charge in [-0.05, 0) is 118 Å². The summed E-state index contributed by atoms with van der Waals surface area (Å²) in [6.45, 7) is 0.650. The van der Waals surface area contributed by atoms with Crippen molar-refractivity contribution in [1.82, 2.24) is 45.9 Å². The van der Waals surface area contributed by atoms with Gasteiger partial charge in [0.2, 0.25) is 35.4 Å². The fourth-order valence-electron chi connectivity index (χ4n) is 11.7. The number of nitrogens with two attached hydrogens (primary N) is 1. The molecule has 0 bridgehead atoms. The van der Waals surface area contributed by atoms with Gasteiger partial charge in [-0.3, -0.25) is 48.2 Å². The number of imide groups is 1. The first kappa shape index (κ1) is 60.4. The lowest BCUT2D eigenvalue weighted by molar-refractivity contribution is -0.144. The number of carbonyl (C=O) groups is 9. The molecule has 8 N–H and O–H groups in total. The molecule has 7 heterocycles. The molecule has 4 saturated heterocycles. The van der Waals surface area contributed by atoms with E-state index in [1.54, 1.807) is 24.1 Å². The van der Waals surface area contributed by atoms with E-state index in [4.69, 9.17) is 15.5 Å². The van der Waals surface area contributed by atoms with E-state index in [2.05, 4.69) is 33.1 Å². The average molecular weight is 1230 g/mol. The number of ether oxygens (including phenoxy) is 1. The number of fused-ring (bicyclic) bond motifs is 4. The number of primary amides is 1. The number of piperidine rings is 2. The number of para-hydroxylation sites is 1. The van der Waals surface area contributed by atoms with E-state index in [-0.39, 0.29) is 66.8 Å². The van der Waals surface area contributed by atoms with E-state index in [9.17, 15) is 66.3 Å². The highest BCUT2D eigenvalue weighted by atomic mass is 32.1. The lowest BCUT2D eigenvalue weighted by Gasteiger charge is -2.38. The second-order valence-electron chi connectivity index (χ2n) is 21.9. The molecule has 448 valence electrons. The summed E-state index contributed by atoms with van der Waals surface area (Å²) in [6, 6.07) is 10.5. The minimum Gasteiger partial charge on any atom is -0.447 e. The molecule has 10 rings (SSSR count). The molecule has 2 aromatic heterocycles. The van der Waals surface area contributed by atoms with Crippen molar-refractivity contribution in [1.29, 1.82) is 0 Å². The standard InChI is InChI=1S/C57H61F2N10O13PS2/c1-66-22-21-35-14-15-43(69(35)55(77)40(29-66)63-52(74)46-26-33-25-34(13-17-44(33)84-46)57(58,59)83(79,80)81)51(73)64-41(30-82-56(60)78)49(71)62-39(27-48-61-38-11-4-5-12-45(38)85-48)54(76)67-23-19-31(20-24-67)7-2-3-8-32-9-6-10-36-37(32)28-68(53(36)75)42-16-18-47(70)65-50(42)72/h4-6,9-13,17,25-26,31,35,39-43H,2,7,14-16,18-24,27-30H2,1H3,(H2,60,78)(H,62,71)(H,63,74)(H,64,73)(H,65,70,72)(H2,79,80,81)/t35-,39+,40+,41+,42?,43+/m1/s1. The molecule has 0 radical (unpaired) electrons. The number of benzene rings is 3. The maximum absolute atomic E-state index is 14.7. The van der Waals surface area contributed by atoms with Crippen molar-refractivity contribution in [2.24, 2.45) is 11.7 Å².